The van der Waals surface area contributed by atoms with Crippen molar-refractivity contribution in [1.82, 2.24) is 29.1 Å². The molecule has 11 heteroatoms. The number of hydrogen-bond donors (Lipinski definition) is 1. The van der Waals surface area contributed by atoms with Gasteiger partial charge in [-0.2, -0.15) is 4.37 Å². The number of nitrogens with one attached hydrogen (secondary N) is 1. The van der Waals surface area contributed by atoms with Crippen LogP contribution < -0.4 is 10.2 Å². The third-order valence-corrected chi connectivity index (χ3v) is 5.98. The van der Waals surface area contributed by atoms with Crippen molar-refractivity contribution in [2.24, 2.45) is 4.99 Å². The molecule has 0 saturated carbocycles. The number of piperazine rings is 1. The van der Waals surface area contributed by atoms with E-state index in [0.717, 1.165) is 61.6 Å². The van der Waals surface area contributed by atoms with Crippen molar-refractivity contribution in [3.8, 4) is 5.69 Å². The Morgan fingerprint density at radius 2 is 2.03 bits per heavy atom. The van der Waals surface area contributed by atoms with E-state index in [1.807, 2.05) is 6.07 Å². The standard InChI is InChI=1S/C21H27FN8S.HI/c1-3-19-26-21(31-27-19)29-11-9-28(10-12-29)20(24-4-2)25-14-16-5-6-18(17(22)13-16)30-8-7-23-15-30;/h5-8,13,15H,3-4,9-12,14H2,1-2H3,(H,24,25);1H. The van der Waals surface area contributed by atoms with Gasteiger partial charge in [0.05, 0.1) is 18.6 Å². The van der Waals surface area contributed by atoms with Crippen molar-refractivity contribution in [3.05, 3.63) is 54.1 Å². The Kier molecular flexibility index (Phi) is 8.79. The zero-order valence-electron chi connectivity index (χ0n) is 18.2. The lowest BCUT2D eigenvalue weighted by molar-refractivity contribution is 0.372. The largest absolute Gasteiger partial charge is 0.357 e. The van der Waals surface area contributed by atoms with Gasteiger partial charge in [0, 0.05) is 63.1 Å². The van der Waals surface area contributed by atoms with Crippen LogP contribution in [0.5, 0.6) is 0 Å². The van der Waals surface area contributed by atoms with E-state index in [-0.39, 0.29) is 29.8 Å². The molecule has 4 rings (SSSR count). The molecule has 3 heterocycles. The molecule has 1 N–H and O–H groups in total. The third kappa shape index (κ3) is 5.74. The van der Waals surface area contributed by atoms with Gasteiger partial charge in [-0.1, -0.05) is 13.0 Å². The molecule has 32 heavy (non-hydrogen) atoms. The monoisotopic (exact) mass is 570 g/mol. The average molecular weight is 570 g/mol. The van der Waals surface area contributed by atoms with Crippen molar-refractivity contribution in [3.63, 3.8) is 0 Å². The van der Waals surface area contributed by atoms with Crippen molar-refractivity contribution in [2.45, 2.75) is 26.8 Å². The SMILES string of the molecule is CCNC(=NCc1ccc(-n2ccnc2)c(F)c1)N1CCN(c2nc(CC)ns2)CC1.I. The molecule has 1 aromatic carbocycles. The van der Waals surface area contributed by atoms with Crippen LogP contribution in [0, 0.1) is 5.82 Å². The normalized spacial score (nSPS) is 14.4. The molecule has 0 atom stereocenters. The second-order valence-electron chi connectivity index (χ2n) is 7.25. The van der Waals surface area contributed by atoms with Crippen molar-refractivity contribution < 1.29 is 4.39 Å². The molecule has 172 valence electrons. The first-order valence-electron chi connectivity index (χ1n) is 10.6. The highest BCUT2D eigenvalue weighted by Gasteiger charge is 2.22. The molecule has 0 unspecified atom stereocenters. The predicted molar refractivity (Wildman–Crippen MR) is 137 cm³/mol. The Labute approximate surface area is 208 Å². The highest BCUT2D eigenvalue weighted by atomic mass is 127. The van der Waals surface area contributed by atoms with Crippen LogP contribution in [0.15, 0.2) is 41.9 Å². The fourth-order valence-electron chi connectivity index (χ4n) is 3.48. The summed E-state index contributed by atoms with van der Waals surface area (Å²) in [5.74, 6) is 1.48. The summed E-state index contributed by atoms with van der Waals surface area (Å²) < 4.78 is 20.6. The topological polar surface area (TPSA) is 74.5 Å². The molecule has 1 aliphatic heterocycles. The molecule has 8 nitrogen and oxygen atoms in total. The molecule has 0 bridgehead atoms. The highest BCUT2D eigenvalue weighted by Crippen LogP contribution is 2.20. The molecule has 0 amide bonds. The van der Waals surface area contributed by atoms with Crippen LogP contribution in [0.2, 0.25) is 0 Å². The quantitative estimate of drug-likeness (QED) is 0.279. The van der Waals surface area contributed by atoms with Gasteiger partial charge in [0.2, 0.25) is 5.13 Å². The fourth-order valence-corrected chi connectivity index (χ4v) is 4.28. The number of rotatable bonds is 6. The average Bonchev–Trinajstić information content (AvgIpc) is 3.49. The summed E-state index contributed by atoms with van der Waals surface area (Å²) in [4.78, 5) is 17.9. The Balaban J connectivity index is 0.00000289. The predicted octanol–water partition coefficient (Wildman–Crippen LogP) is 3.33. The zero-order chi connectivity index (χ0) is 21.6. The van der Waals surface area contributed by atoms with Crippen LogP contribution in [-0.4, -0.2) is 62.5 Å². The molecule has 1 fully saturated rings. The van der Waals surface area contributed by atoms with E-state index in [1.165, 1.54) is 11.5 Å². The highest BCUT2D eigenvalue weighted by molar-refractivity contribution is 14.0. The summed E-state index contributed by atoms with van der Waals surface area (Å²) in [6.07, 6.45) is 5.80. The number of hydrogen-bond acceptors (Lipinski definition) is 6. The van der Waals surface area contributed by atoms with E-state index in [4.69, 9.17) is 4.99 Å². The van der Waals surface area contributed by atoms with Crippen LogP contribution in [-0.2, 0) is 13.0 Å². The number of imidazole rings is 1. The van der Waals surface area contributed by atoms with E-state index >= 15 is 0 Å². The second-order valence-corrected chi connectivity index (χ2v) is 7.98. The van der Waals surface area contributed by atoms with Gasteiger partial charge in [-0.05, 0) is 24.6 Å². The lowest BCUT2D eigenvalue weighted by Crippen LogP contribution is -2.52. The van der Waals surface area contributed by atoms with Gasteiger partial charge < -0.3 is 19.7 Å². The summed E-state index contributed by atoms with van der Waals surface area (Å²) in [6, 6.07) is 5.21. The molecule has 2 aromatic heterocycles. The zero-order valence-corrected chi connectivity index (χ0v) is 21.4. The van der Waals surface area contributed by atoms with Crippen molar-refractivity contribution in [2.75, 3.05) is 37.6 Å². The summed E-state index contributed by atoms with van der Waals surface area (Å²) >= 11 is 1.47. The third-order valence-electron chi connectivity index (χ3n) is 5.16. The minimum absolute atomic E-state index is 0. The van der Waals surface area contributed by atoms with Crippen LogP contribution in [0.4, 0.5) is 9.52 Å². The summed E-state index contributed by atoms with van der Waals surface area (Å²) in [7, 11) is 0. The Bertz CT molecular complexity index is 1010. The smallest absolute Gasteiger partial charge is 0.205 e. The minimum atomic E-state index is -0.284. The van der Waals surface area contributed by atoms with Gasteiger partial charge in [0.15, 0.2) is 5.96 Å². The fraction of sp³-hybridized carbons (Fsp3) is 0.429. The first-order valence-corrected chi connectivity index (χ1v) is 11.3. The van der Waals surface area contributed by atoms with Gasteiger partial charge in [0.1, 0.15) is 11.6 Å². The van der Waals surface area contributed by atoms with Gasteiger partial charge in [-0.15, -0.1) is 24.0 Å². The number of guanidine groups is 1. The Morgan fingerprint density at radius 1 is 1.22 bits per heavy atom. The van der Waals surface area contributed by atoms with Crippen molar-refractivity contribution >= 4 is 46.6 Å². The number of anilines is 1. The van der Waals surface area contributed by atoms with Gasteiger partial charge in [-0.25, -0.2) is 19.4 Å². The number of aliphatic imine (C=N–C) groups is 1. The van der Waals surface area contributed by atoms with Crippen LogP contribution in [0.1, 0.15) is 25.2 Å². The van der Waals surface area contributed by atoms with Crippen LogP contribution in [0.25, 0.3) is 5.69 Å². The molecular formula is C21H28FIN8S. The molecule has 0 aliphatic carbocycles. The van der Waals surface area contributed by atoms with Gasteiger partial charge in [-0.3, -0.25) is 0 Å². The number of halogens is 2. The first-order chi connectivity index (χ1) is 15.2. The number of nitrogens with zero attached hydrogens (tertiary/aromatic N) is 7. The van der Waals surface area contributed by atoms with E-state index in [9.17, 15) is 4.39 Å². The lowest BCUT2D eigenvalue weighted by Gasteiger charge is -2.36. The maximum absolute atomic E-state index is 14.5. The van der Waals surface area contributed by atoms with Crippen LogP contribution in [0.3, 0.4) is 0 Å². The molecule has 0 spiro atoms. The molecule has 1 aliphatic rings. The van der Waals surface area contributed by atoms with Crippen LogP contribution >= 0.6 is 35.5 Å². The molecule has 1 saturated heterocycles. The maximum Gasteiger partial charge on any atom is 0.205 e. The molecule has 0 radical (unpaired) electrons. The number of benzene rings is 1. The van der Waals surface area contributed by atoms with E-state index < -0.39 is 0 Å². The lowest BCUT2D eigenvalue weighted by atomic mass is 10.2. The first kappa shape index (κ1) is 24.4. The minimum Gasteiger partial charge on any atom is -0.357 e. The van der Waals surface area contributed by atoms with Gasteiger partial charge in [0.25, 0.3) is 0 Å². The van der Waals surface area contributed by atoms with Gasteiger partial charge >= 0.3 is 0 Å². The summed E-state index contributed by atoms with van der Waals surface area (Å²) in [5.41, 5.74) is 1.31. The summed E-state index contributed by atoms with van der Waals surface area (Å²) in [5, 5.41) is 4.36. The Morgan fingerprint density at radius 3 is 2.66 bits per heavy atom. The van der Waals surface area contributed by atoms with E-state index in [0.29, 0.717) is 12.2 Å². The Hall–Kier alpha value is -2.28. The maximum atomic E-state index is 14.5. The molecule has 3 aromatic rings. The summed E-state index contributed by atoms with van der Waals surface area (Å²) in [6.45, 7) is 8.76. The second kappa shape index (κ2) is 11.5. The number of aromatic nitrogens is 4. The van der Waals surface area contributed by atoms with Crippen molar-refractivity contribution in [1.29, 1.82) is 0 Å². The van der Waals surface area contributed by atoms with E-state index in [1.54, 1.807) is 35.4 Å². The number of aryl methyl sites for hydroxylation is 1. The molecular weight excluding hydrogens is 542 g/mol. The van der Waals surface area contributed by atoms with E-state index in [2.05, 4.69) is 43.3 Å².